The predicted octanol–water partition coefficient (Wildman–Crippen LogP) is 4.41. The molecule has 0 fully saturated rings. The highest BCUT2D eigenvalue weighted by Crippen LogP contribution is 2.31. The van der Waals surface area contributed by atoms with Gasteiger partial charge >= 0.3 is 5.97 Å². The molecule has 1 N–H and O–H groups in total. The van der Waals surface area contributed by atoms with Crippen molar-refractivity contribution in [1.29, 1.82) is 0 Å². The maximum absolute atomic E-state index is 14.7. The third-order valence-corrected chi connectivity index (χ3v) is 5.40. The molecule has 0 aliphatic rings. The minimum atomic E-state index is -4.81. The Hall–Kier alpha value is -3.33. The summed E-state index contributed by atoms with van der Waals surface area (Å²) in [5.41, 5.74) is -1.43. The number of hydrogen-bond donors (Lipinski definition) is 1. The molecule has 0 aliphatic carbocycles. The molecular weight excluding hydrogens is 395 g/mol. The number of rotatable bonds is 5. The quantitative estimate of drug-likeness (QED) is 0.636. The Kier molecular flexibility index (Phi) is 5.10. The summed E-state index contributed by atoms with van der Waals surface area (Å²) in [6, 6.07) is 12.7. The first-order valence-electron chi connectivity index (χ1n) is 7.81. The van der Waals surface area contributed by atoms with Gasteiger partial charge in [0.25, 0.3) is 10.0 Å². The van der Waals surface area contributed by atoms with Crippen molar-refractivity contribution in [3.05, 3.63) is 83.9 Å². The molecule has 28 heavy (non-hydrogen) atoms. The molecule has 0 heterocycles. The number of carboxylic acids is 1. The molecule has 0 saturated carbocycles. The topological polar surface area (TPSA) is 74.7 Å². The molecule has 3 rings (SSSR count). The van der Waals surface area contributed by atoms with Crippen molar-refractivity contribution in [3.8, 4) is 11.1 Å². The van der Waals surface area contributed by atoms with Crippen LogP contribution in [0.1, 0.15) is 10.4 Å². The van der Waals surface area contributed by atoms with E-state index in [4.69, 9.17) is 5.11 Å². The Balaban J connectivity index is 2.09. The average Bonchev–Trinajstić information content (AvgIpc) is 2.69. The van der Waals surface area contributed by atoms with Crippen LogP contribution in [0.5, 0.6) is 0 Å². The van der Waals surface area contributed by atoms with E-state index in [9.17, 15) is 26.5 Å². The Bertz CT molecular complexity index is 1170. The number of sulfonamides is 1. The van der Waals surface area contributed by atoms with Crippen molar-refractivity contribution in [1.82, 2.24) is 0 Å². The van der Waals surface area contributed by atoms with Gasteiger partial charge in [-0.2, -0.15) is 8.42 Å². The third-order valence-electron chi connectivity index (χ3n) is 3.93. The third kappa shape index (κ3) is 3.44. The van der Waals surface area contributed by atoms with Crippen LogP contribution in [0, 0.1) is 11.6 Å². The zero-order valence-electron chi connectivity index (χ0n) is 14.0. The first-order valence-corrected chi connectivity index (χ1v) is 9.25. The Morgan fingerprint density at radius 1 is 0.929 bits per heavy atom. The highest BCUT2D eigenvalue weighted by molar-refractivity contribution is 7.92. The lowest BCUT2D eigenvalue weighted by atomic mass is 10.1. The summed E-state index contributed by atoms with van der Waals surface area (Å²) in [6.45, 7) is 0. The van der Waals surface area contributed by atoms with Gasteiger partial charge in [0.1, 0.15) is 5.69 Å². The van der Waals surface area contributed by atoms with Crippen molar-refractivity contribution in [2.75, 3.05) is 4.53 Å². The molecule has 144 valence electrons. The van der Waals surface area contributed by atoms with Crippen LogP contribution in [-0.4, -0.2) is 19.5 Å². The maximum atomic E-state index is 14.7. The molecule has 0 atom stereocenters. The summed E-state index contributed by atoms with van der Waals surface area (Å²) < 4.78 is 66.8. The first kappa shape index (κ1) is 19.4. The molecule has 0 radical (unpaired) electrons. The molecule has 0 bridgehead atoms. The van der Waals surface area contributed by atoms with Crippen molar-refractivity contribution >= 4 is 21.7 Å². The van der Waals surface area contributed by atoms with E-state index in [0.717, 1.165) is 30.3 Å². The number of carboxylic acid groups (broad SMARTS) is 1. The van der Waals surface area contributed by atoms with Gasteiger partial charge in [-0.15, -0.1) is 0 Å². The highest BCUT2D eigenvalue weighted by Gasteiger charge is 2.29. The molecule has 3 aromatic rings. The van der Waals surface area contributed by atoms with E-state index >= 15 is 0 Å². The van der Waals surface area contributed by atoms with E-state index in [-0.39, 0.29) is 11.1 Å². The number of nitrogens with zero attached hydrogens (tertiary/aromatic N) is 1. The molecule has 0 aliphatic heterocycles. The van der Waals surface area contributed by atoms with Gasteiger partial charge in [0.05, 0.1) is 10.5 Å². The molecule has 0 amide bonds. The summed E-state index contributed by atoms with van der Waals surface area (Å²) in [7, 11) is -4.81. The Labute approximate surface area is 158 Å². The van der Waals surface area contributed by atoms with Crippen LogP contribution in [0.15, 0.2) is 71.6 Å². The van der Waals surface area contributed by atoms with E-state index in [0.29, 0.717) is 0 Å². The van der Waals surface area contributed by atoms with E-state index in [1.807, 2.05) is 0 Å². The van der Waals surface area contributed by atoms with Crippen LogP contribution < -0.4 is 4.53 Å². The summed E-state index contributed by atoms with van der Waals surface area (Å²) in [4.78, 5) is 10.7. The van der Waals surface area contributed by atoms with Crippen molar-refractivity contribution in [2.24, 2.45) is 0 Å². The number of benzene rings is 3. The van der Waals surface area contributed by atoms with Crippen LogP contribution in [0.4, 0.5) is 18.9 Å². The van der Waals surface area contributed by atoms with Gasteiger partial charge in [-0.1, -0.05) is 45.4 Å². The minimum Gasteiger partial charge on any atom is -0.478 e. The van der Waals surface area contributed by atoms with Gasteiger partial charge in [0.15, 0.2) is 11.6 Å². The predicted molar refractivity (Wildman–Crippen MR) is 96.0 cm³/mol. The van der Waals surface area contributed by atoms with Crippen LogP contribution in [0.2, 0.25) is 0 Å². The van der Waals surface area contributed by atoms with Gasteiger partial charge in [-0.05, 0) is 35.9 Å². The summed E-state index contributed by atoms with van der Waals surface area (Å²) in [6.07, 6.45) is 0. The van der Waals surface area contributed by atoms with Crippen LogP contribution >= 0.6 is 0 Å². The monoisotopic (exact) mass is 407 g/mol. The second-order valence-electron chi connectivity index (χ2n) is 5.67. The first-order chi connectivity index (χ1) is 13.2. The van der Waals surface area contributed by atoms with Gasteiger partial charge in [-0.3, -0.25) is 0 Å². The Morgan fingerprint density at radius 3 is 2.32 bits per heavy atom. The molecule has 0 unspecified atom stereocenters. The zero-order valence-corrected chi connectivity index (χ0v) is 14.8. The second-order valence-corrected chi connectivity index (χ2v) is 7.41. The summed E-state index contributed by atoms with van der Waals surface area (Å²) in [5, 5.41) is 9.13. The van der Waals surface area contributed by atoms with Gasteiger partial charge in [0, 0.05) is 5.56 Å². The van der Waals surface area contributed by atoms with E-state index in [1.165, 1.54) is 36.4 Å². The molecule has 9 heteroatoms. The molecule has 3 aromatic carbocycles. The normalized spacial score (nSPS) is 11.2. The van der Waals surface area contributed by atoms with Crippen molar-refractivity contribution in [3.63, 3.8) is 0 Å². The fourth-order valence-electron chi connectivity index (χ4n) is 2.58. The molecular formula is C19H12F3NO4S. The second kappa shape index (κ2) is 7.35. The minimum absolute atomic E-state index is 0.0120. The SMILES string of the molecule is O=C(O)c1ccccc1N(F)S(=O)(=O)c1cccc(-c2cccc(F)c2F)c1. The van der Waals surface area contributed by atoms with E-state index < -0.39 is 48.3 Å². The zero-order chi connectivity index (χ0) is 20.5. The lowest BCUT2D eigenvalue weighted by molar-refractivity contribution is 0.0697. The van der Waals surface area contributed by atoms with Gasteiger partial charge in [-0.25, -0.2) is 13.6 Å². The van der Waals surface area contributed by atoms with Crippen LogP contribution in [-0.2, 0) is 10.0 Å². The number of aromatic carboxylic acids is 1. The average molecular weight is 407 g/mol. The molecule has 0 spiro atoms. The van der Waals surface area contributed by atoms with Gasteiger partial charge in [0.2, 0.25) is 0 Å². The summed E-state index contributed by atoms with van der Waals surface area (Å²) in [5.74, 6) is -3.80. The maximum Gasteiger partial charge on any atom is 0.337 e. The van der Waals surface area contributed by atoms with E-state index in [2.05, 4.69) is 0 Å². The molecule has 0 saturated heterocycles. The largest absolute Gasteiger partial charge is 0.478 e. The van der Waals surface area contributed by atoms with Crippen molar-refractivity contribution in [2.45, 2.75) is 4.90 Å². The molecule has 5 nitrogen and oxygen atoms in total. The van der Waals surface area contributed by atoms with Crippen LogP contribution in [0.25, 0.3) is 11.1 Å². The number of carbonyl (C=O) groups is 1. The Morgan fingerprint density at radius 2 is 1.61 bits per heavy atom. The summed E-state index contributed by atoms with van der Waals surface area (Å²) >= 11 is 0. The van der Waals surface area contributed by atoms with Crippen LogP contribution in [0.3, 0.4) is 0 Å². The fraction of sp³-hybridized carbons (Fsp3) is 0. The standard InChI is InChI=1S/C19H12F3NO4S/c20-16-9-4-8-14(18(16)21)12-5-3-6-13(11-12)28(26,27)23(22)17-10-2-1-7-15(17)19(24)25/h1-11H,(H,24,25). The number of halogens is 3. The van der Waals surface area contributed by atoms with Crippen molar-refractivity contribution < 1.29 is 31.6 Å². The lowest BCUT2D eigenvalue weighted by Crippen LogP contribution is -2.24. The number of anilines is 1. The number of hydrogen-bond acceptors (Lipinski definition) is 3. The van der Waals surface area contributed by atoms with Gasteiger partial charge < -0.3 is 5.11 Å². The fourth-order valence-corrected chi connectivity index (χ4v) is 3.71. The highest BCUT2D eigenvalue weighted by atomic mass is 32.2. The molecule has 0 aromatic heterocycles. The lowest BCUT2D eigenvalue weighted by Gasteiger charge is -2.16. The number of para-hydroxylation sites is 1. The smallest absolute Gasteiger partial charge is 0.337 e. The van der Waals surface area contributed by atoms with E-state index in [1.54, 1.807) is 0 Å².